The van der Waals surface area contributed by atoms with Crippen molar-refractivity contribution in [2.24, 2.45) is 0 Å². The van der Waals surface area contributed by atoms with Crippen LogP contribution in [-0.4, -0.2) is 11.2 Å². The number of hydrogen-bond donors (Lipinski definition) is 1. The SMILES string of the molecule is CCC(O)CCC#CBr. The van der Waals surface area contributed by atoms with Crippen molar-refractivity contribution in [3.05, 3.63) is 0 Å². The van der Waals surface area contributed by atoms with Gasteiger partial charge in [0.2, 0.25) is 0 Å². The van der Waals surface area contributed by atoms with E-state index in [1.807, 2.05) is 6.92 Å². The summed E-state index contributed by atoms with van der Waals surface area (Å²) in [5.74, 6) is 2.82. The van der Waals surface area contributed by atoms with Crippen LogP contribution >= 0.6 is 15.9 Å². The summed E-state index contributed by atoms with van der Waals surface area (Å²) in [6.45, 7) is 1.96. The molecule has 1 unspecified atom stereocenters. The molecule has 1 nitrogen and oxygen atoms in total. The standard InChI is InChI=1S/C7H11BrO/c1-2-7(9)5-3-4-6-8/h7,9H,2-3,5H2,1H3. The van der Waals surface area contributed by atoms with E-state index in [1.165, 1.54) is 0 Å². The Morgan fingerprint density at radius 2 is 2.33 bits per heavy atom. The van der Waals surface area contributed by atoms with E-state index >= 15 is 0 Å². The van der Waals surface area contributed by atoms with E-state index in [0.717, 1.165) is 19.3 Å². The zero-order valence-corrected chi connectivity index (χ0v) is 7.11. The van der Waals surface area contributed by atoms with Crippen LogP contribution in [0.4, 0.5) is 0 Å². The molecule has 0 rings (SSSR count). The summed E-state index contributed by atoms with van der Waals surface area (Å²) in [4.78, 5) is 2.60. The minimum Gasteiger partial charge on any atom is -0.393 e. The molecular formula is C7H11BrO. The molecule has 0 aliphatic carbocycles. The largest absolute Gasteiger partial charge is 0.393 e. The molecule has 2 heteroatoms. The summed E-state index contributed by atoms with van der Waals surface area (Å²) < 4.78 is 0. The van der Waals surface area contributed by atoms with Crippen molar-refractivity contribution in [2.45, 2.75) is 32.3 Å². The van der Waals surface area contributed by atoms with Crippen molar-refractivity contribution in [1.82, 2.24) is 0 Å². The lowest BCUT2D eigenvalue weighted by atomic mass is 10.2. The third kappa shape index (κ3) is 5.88. The molecule has 0 aromatic rings. The van der Waals surface area contributed by atoms with Gasteiger partial charge in [-0.25, -0.2) is 0 Å². The Hall–Kier alpha value is 0. The first-order valence-corrected chi connectivity index (χ1v) is 3.87. The third-order valence-electron chi connectivity index (χ3n) is 1.14. The van der Waals surface area contributed by atoms with Crippen molar-refractivity contribution < 1.29 is 5.11 Å². The summed E-state index contributed by atoms with van der Waals surface area (Å²) in [5, 5.41) is 9.00. The van der Waals surface area contributed by atoms with E-state index in [0.29, 0.717) is 0 Å². The van der Waals surface area contributed by atoms with Crippen LogP contribution in [0, 0.1) is 10.8 Å². The number of aliphatic hydroxyl groups is 1. The van der Waals surface area contributed by atoms with Crippen molar-refractivity contribution in [2.75, 3.05) is 0 Å². The van der Waals surface area contributed by atoms with E-state index < -0.39 is 0 Å². The Balaban J connectivity index is 3.13. The first kappa shape index (κ1) is 9.00. The molecule has 0 radical (unpaired) electrons. The molecule has 0 spiro atoms. The normalized spacial score (nSPS) is 11.9. The second kappa shape index (κ2) is 6.12. The maximum atomic E-state index is 9.00. The van der Waals surface area contributed by atoms with Gasteiger partial charge in [0, 0.05) is 22.4 Å². The van der Waals surface area contributed by atoms with E-state index in [1.54, 1.807) is 0 Å². The predicted molar refractivity (Wildman–Crippen MR) is 42.2 cm³/mol. The number of aliphatic hydroxyl groups excluding tert-OH is 1. The topological polar surface area (TPSA) is 20.2 Å². The van der Waals surface area contributed by atoms with Gasteiger partial charge in [-0.15, -0.1) is 0 Å². The highest BCUT2D eigenvalue weighted by Crippen LogP contribution is 1.98. The van der Waals surface area contributed by atoms with E-state index in [4.69, 9.17) is 5.11 Å². The van der Waals surface area contributed by atoms with Crippen LogP contribution in [0.2, 0.25) is 0 Å². The molecule has 0 saturated carbocycles. The van der Waals surface area contributed by atoms with Gasteiger partial charge in [-0.05, 0) is 17.7 Å². The monoisotopic (exact) mass is 190 g/mol. The fourth-order valence-electron chi connectivity index (χ4n) is 0.490. The molecule has 0 aliphatic heterocycles. The van der Waals surface area contributed by atoms with Crippen molar-refractivity contribution in [3.63, 3.8) is 0 Å². The molecule has 0 aromatic carbocycles. The molecule has 0 fully saturated rings. The molecule has 0 saturated heterocycles. The lowest BCUT2D eigenvalue weighted by Gasteiger charge is -2.01. The summed E-state index contributed by atoms with van der Waals surface area (Å²) >= 11 is 2.98. The maximum Gasteiger partial charge on any atom is 0.0546 e. The maximum absolute atomic E-state index is 9.00. The minimum absolute atomic E-state index is 0.168. The van der Waals surface area contributed by atoms with Gasteiger partial charge in [0.15, 0.2) is 0 Å². The molecule has 0 amide bonds. The smallest absolute Gasteiger partial charge is 0.0546 e. The average molecular weight is 191 g/mol. The van der Waals surface area contributed by atoms with E-state index in [9.17, 15) is 0 Å². The molecule has 0 aromatic heterocycles. The van der Waals surface area contributed by atoms with Gasteiger partial charge in [-0.1, -0.05) is 12.8 Å². The van der Waals surface area contributed by atoms with Gasteiger partial charge >= 0.3 is 0 Å². The quantitative estimate of drug-likeness (QED) is 0.675. The van der Waals surface area contributed by atoms with Gasteiger partial charge < -0.3 is 5.11 Å². The van der Waals surface area contributed by atoms with Gasteiger partial charge in [-0.2, -0.15) is 0 Å². The Kier molecular flexibility index (Phi) is 6.12. The highest BCUT2D eigenvalue weighted by Gasteiger charge is 1.96. The van der Waals surface area contributed by atoms with Gasteiger partial charge in [0.1, 0.15) is 0 Å². The zero-order valence-electron chi connectivity index (χ0n) is 5.52. The Labute approximate surface area is 64.6 Å². The molecule has 0 heterocycles. The minimum atomic E-state index is -0.168. The summed E-state index contributed by atoms with van der Waals surface area (Å²) in [7, 11) is 0. The fourth-order valence-corrected chi connectivity index (χ4v) is 0.688. The van der Waals surface area contributed by atoms with Crippen LogP contribution in [0.15, 0.2) is 0 Å². The molecule has 52 valence electrons. The lowest BCUT2D eigenvalue weighted by Crippen LogP contribution is -2.02. The number of halogens is 1. The number of rotatable bonds is 3. The van der Waals surface area contributed by atoms with Crippen LogP contribution < -0.4 is 0 Å². The zero-order chi connectivity index (χ0) is 7.11. The van der Waals surface area contributed by atoms with Gasteiger partial charge in [-0.3, -0.25) is 0 Å². The summed E-state index contributed by atoms with van der Waals surface area (Å²) in [6.07, 6.45) is 2.22. The average Bonchev–Trinajstić information content (AvgIpc) is 1.89. The first-order chi connectivity index (χ1) is 4.31. The molecule has 0 aliphatic rings. The highest BCUT2D eigenvalue weighted by atomic mass is 79.9. The highest BCUT2D eigenvalue weighted by molar-refractivity contribution is 9.12. The third-order valence-corrected chi connectivity index (χ3v) is 1.42. The van der Waals surface area contributed by atoms with Crippen LogP contribution in [0.25, 0.3) is 0 Å². The second-order valence-corrected chi connectivity index (χ2v) is 2.27. The van der Waals surface area contributed by atoms with Crippen LogP contribution in [0.5, 0.6) is 0 Å². The van der Waals surface area contributed by atoms with Crippen molar-refractivity contribution >= 4 is 15.9 Å². The Morgan fingerprint density at radius 1 is 1.67 bits per heavy atom. The second-order valence-electron chi connectivity index (χ2n) is 1.87. The number of hydrogen-bond acceptors (Lipinski definition) is 1. The Bertz CT molecular complexity index is 112. The predicted octanol–water partition coefficient (Wildman–Crippen LogP) is 1.89. The van der Waals surface area contributed by atoms with Gasteiger partial charge in [0.05, 0.1) is 6.10 Å². The van der Waals surface area contributed by atoms with E-state index in [-0.39, 0.29) is 6.10 Å². The summed E-state index contributed by atoms with van der Waals surface area (Å²) in [6, 6.07) is 0. The van der Waals surface area contributed by atoms with Gasteiger partial charge in [0.25, 0.3) is 0 Å². The first-order valence-electron chi connectivity index (χ1n) is 3.07. The fraction of sp³-hybridized carbons (Fsp3) is 0.714. The van der Waals surface area contributed by atoms with Crippen LogP contribution in [-0.2, 0) is 0 Å². The van der Waals surface area contributed by atoms with E-state index in [2.05, 4.69) is 26.7 Å². The molecule has 1 atom stereocenters. The van der Waals surface area contributed by atoms with Crippen LogP contribution in [0.1, 0.15) is 26.2 Å². The molecule has 1 N–H and O–H groups in total. The molecule has 0 bridgehead atoms. The lowest BCUT2D eigenvalue weighted by molar-refractivity contribution is 0.162. The Morgan fingerprint density at radius 3 is 2.78 bits per heavy atom. The summed E-state index contributed by atoms with van der Waals surface area (Å²) in [5.41, 5.74) is 0. The molecular weight excluding hydrogens is 180 g/mol. The van der Waals surface area contributed by atoms with Crippen molar-refractivity contribution in [3.8, 4) is 10.8 Å². The van der Waals surface area contributed by atoms with Crippen LogP contribution in [0.3, 0.4) is 0 Å². The van der Waals surface area contributed by atoms with Crippen molar-refractivity contribution in [1.29, 1.82) is 0 Å². The molecule has 9 heavy (non-hydrogen) atoms.